The summed E-state index contributed by atoms with van der Waals surface area (Å²) in [5.74, 6) is -0.0415. The molecule has 0 unspecified atom stereocenters. The van der Waals surface area contributed by atoms with Crippen LogP contribution in [0.5, 0.6) is 0 Å². The summed E-state index contributed by atoms with van der Waals surface area (Å²) in [5, 5.41) is -0.545. The van der Waals surface area contributed by atoms with Crippen molar-refractivity contribution in [3.63, 3.8) is 0 Å². The van der Waals surface area contributed by atoms with Crippen molar-refractivity contribution in [2.75, 3.05) is 18.8 Å². The molecule has 164 valence electrons. The molecule has 2 heterocycles. The maximum atomic E-state index is 13.2. The van der Waals surface area contributed by atoms with Crippen molar-refractivity contribution in [2.24, 2.45) is 5.92 Å². The van der Waals surface area contributed by atoms with Gasteiger partial charge < -0.3 is 4.90 Å². The quantitative estimate of drug-likeness (QED) is 0.613. The second-order valence-corrected chi connectivity index (χ2v) is 11.3. The Morgan fingerprint density at radius 2 is 1.34 bits per heavy atom. The molecule has 2 aliphatic rings. The Morgan fingerprint density at radius 3 is 1.91 bits per heavy atom. The molecular formula is C27H27NO3S. The first-order chi connectivity index (χ1) is 15.5. The molecule has 2 fully saturated rings. The van der Waals surface area contributed by atoms with Gasteiger partial charge in [-0.2, -0.15) is 0 Å². The van der Waals surface area contributed by atoms with Crippen LogP contribution in [-0.4, -0.2) is 43.3 Å². The molecule has 2 aliphatic heterocycles. The predicted octanol–water partition coefficient (Wildman–Crippen LogP) is 3.86. The Bertz CT molecular complexity index is 1150. The van der Waals surface area contributed by atoms with Crippen molar-refractivity contribution in [3.8, 4) is 0 Å². The average Bonchev–Trinajstić information content (AvgIpc) is 3.29. The van der Waals surface area contributed by atoms with Gasteiger partial charge in [0, 0.05) is 24.4 Å². The van der Waals surface area contributed by atoms with Gasteiger partial charge in [0.15, 0.2) is 9.84 Å². The van der Waals surface area contributed by atoms with Crippen LogP contribution < -0.4 is 0 Å². The lowest BCUT2D eigenvalue weighted by molar-refractivity contribution is -0.129. The van der Waals surface area contributed by atoms with Crippen LogP contribution in [0.15, 0.2) is 91.0 Å². The molecule has 3 aromatic rings. The number of sulfone groups is 1. The lowest BCUT2D eigenvalue weighted by atomic mass is 9.63. The van der Waals surface area contributed by atoms with Crippen LogP contribution in [0, 0.1) is 5.92 Å². The highest BCUT2D eigenvalue weighted by Gasteiger charge is 2.57. The minimum absolute atomic E-state index is 0.00387. The molecule has 5 rings (SSSR count). The minimum atomic E-state index is -3.28. The van der Waals surface area contributed by atoms with Crippen molar-refractivity contribution >= 4 is 15.7 Å². The average molecular weight is 446 g/mol. The van der Waals surface area contributed by atoms with Crippen molar-refractivity contribution in [3.05, 3.63) is 108 Å². The maximum Gasteiger partial charge on any atom is 0.227 e. The second-order valence-electron chi connectivity index (χ2n) is 8.93. The van der Waals surface area contributed by atoms with E-state index in [2.05, 4.69) is 24.3 Å². The van der Waals surface area contributed by atoms with Gasteiger partial charge in [0.25, 0.3) is 0 Å². The number of rotatable bonds is 4. The lowest BCUT2D eigenvalue weighted by Crippen LogP contribution is -2.51. The number of nitrogens with zero attached hydrogens (tertiary/aromatic N) is 1. The highest BCUT2D eigenvalue weighted by atomic mass is 32.2. The van der Waals surface area contributed by atoms with E-state index in [0.717, 1.165) is 16.7 Å². The Labute approximate surface area is 189 Å². The largest absolute Gasteiger partial charge is 0.341 e. The number of hydrogen-bond donors (Lipinski definition) is 0. The fourth-order valence-corrected chi connectivity index (χ4v) is 7.83. The van der Waals surface area contributed by atoms with Crippen molar-refractivity contribution in [1.29, 1.82) is 0 Å². The summed E-state index contributed by atoms with van der Waals surface area (Å²) < 4.78 is 26.4. The molecular weight excluding hydrogens is 418 g/mol. The van der Waals surface area contributed by atoms with Crippen LogP contribution >= 0.6 is 0 Å². The van der Waals surface area contributed by atoms with Crippen LogP contribution in [0.1, 0.15) is 23.1 Å². The van der Waals surface area contributed by atoms with E-state index in [1.807, 2.05) is 66.7 Å². The summed E-state index contributed by atoms with van der Waals surface area (Å²) in [5.41, 5.74) is 2.79. The monoisotopic (exact) mass is 445 g/mol. The minimum Gasteiger partial charge on any atom is -0.341 e. The first-order valence-electron chi connectivity index (χ1n) is 11.1. The zero-order valence-corrected chi connectivity index (χ0v) is 18.7. The zero-order valence-electron chi connectivity index (χ0n) is 17.9. The number of amides is 1. The molecule has 3 aromatic carbocycles. The van der Waals surface area contributed by atoms with Crippen LogP contribution in [0.4, 0.5) is 0 Å². The molecule has 2 saturated heterocycles. The number of carbonyl (C=O) groups is 1. The summed E-state index contributed by atoms with van der Waals surface area (Å²) in [6.45, 7) is 0.736. The smallest absolute Gasteiger partial charge is 0.227 e. The Morgan fingerprint density at radius 1 is 0.812 bits per heavy atom. The van der Waals surface area contributed by atoms with Gasteiger partial charge in [-0.15, -0.1) is 0 Å². The van der Waals surface area contributed by atoms with Gasteiger partial charge in [-0.25, -0.2) is 8.42 Å². The summed E-state index contributed by atoms with van der Waals surface area (Å²) in [6, 6.07) is 30.1. The van der Waals surface area contributed by atoms with Gasteiger partial charge in [-0.3, -0.25) is 4.79 Å². The summed E-state index contributed by atoms with van der Waals surface area (Å²) in [6.07, 6.45) is 0.829. The van der Waals surface area contributed by atoms with Crippen LogP contribution in [-0.2, 0) is 26.5 Å². The van der Waals surface area contributed by atoms with Gasteiger partial charge in [0.2, 0.25) is 5.91 Å². The van der Waals surface area contributed by atoms with E-state index in [0.29, 0.717) is 19.4 Å². The Balaban J connectivity index is 1.56. The summed E-state index contributed by atoms with van der Waals surface area (Å²) in [4.78, 5) is 15.0. The van der Waals surface area contributed by atoms with Crippen LogP contribution in [0.3, 0.4) is 0 Å². The summed E-state index contributed by atoms with van der Waals surface area (Å²) >= 11 is 0. The molecule has 0 aromatic heterocycles. The van der Waals surface area contributed by atoms with Gasteiger partial charge in [-0.05, 0) is 23.1 Å². The maximum absolute atomic E-state index is 13.2. The number of fused-ring (bicyclic) bond motifs is 1. The van der Waals surface area contributed by atoms with E-state index < -0.39 is 20.5 Å². The van der Waals surface area contributed by atoms with Gasteiger partial charge in [0.1, 0.15) is 0 Å². The third-order valence-electron chi connectivity index (χ3n) is 7.27. The highest BCUT2D eigenvalue weighted by Crippen LogP contribution is 2.51. The van der Waals surface area contributed by atoms with Crippen molar-refractivity contribution in [1.82, 2.24) is 4.90 Å². The molecule has 0 spiro atoms. The predicted molar refractivity (Wildman–Crippen MR) is 126 cm³/mol. The first kappa shape index (κ1) is 21.0. The number of benzene rings is 3. The highest BCUT2D eigenvalue weighted by molar-refractivity contribution is 7.92. The number of carbonyl (C=O) groups excluding carboxylic acids is 1. The van der Waals surface area contributed by atoms with E-state index in [1.165, 1.54) is 0 Å². The Hall–Kier alpha value is -2.92. The standard InChI is InChI=1S/C27H27NO3S/c29-26(18-21-10-4-1-5-11-21)28-19-24-25(20-28)32(30,31)17-16-27(24,22-12-6-2-7-13-22)23-14-8-3-9-15-23/h1-15,24-25H,16-20H2/t24-,25+/m0/s1. The molecule has 0 aliphatic carbocycles. The second kappa shape index (κ2) is 8.21. The molecule has 32 heavy (non-hydrogen) atoms. The van der Waals surface area contributed by atoms with E-state index in [-0.39, 0.29) is 24.1 Å². The molecule has 5 heteroatoms. The third-order valence-corrected chi connectivity index (χ3v) is 9.44. The molecule has 1 amide bonds. The van der Waals surface area contributed by atoms with E-state index in [1.54, 1.807) is 4.90 Å². The van der Waals surface area contributed by atoms with E-state index in [4.69, 9.17) is 0 Å². The molecule has 0 N–H and O–H groups in total. The first-order valence-corrected chi connectivity index (χ1v) is 12.9. The SMILES string of the molecule is O=C(Cc1ccccc1)N1C[C@@H]2[C@H](C1)C(c1ccccc1)(c1ccccc1)CCS2(=O)=O. The van der Waals surface area contributed by atoms with E-state index >= 15 is 0 Å². The fourth-order valence-electron chi connectivity index (χ4n) is 5.69. The Kier molecular flexibility index (Phi) is 5.38. The molecule has 4 nitrogen and oxygen atoms in total. The molecule has 0 bridgehead atoms. The van der Waals surface area contributed by atoms with Crippen molar-refractivity contribution < 1.29 is 13.2 Å². The van der Waals surface area contributed by atoms with Gasteiger partial charge in [0.05, 0.1) is 17.4 Å². The van der Waals surface area contributed by atoms with Gasteiger partial charge >= 0.3 is 0 Å². The fraction of sp³-hybridized carbons (Fsp3) is 0.296. The third kappa shape index (κ3) is 3.55. The lowest BCUT2D eigenvalue weighted by Gasteiger charge is -2.45. The summed E-state index contributed by atoms with van der Waals surface area (Å²) in [7, 11) is -3.28. The van der Waals surface area contributed by atoms with Gasteiger partial charge in [-0.1, -0.05) is 91.0 Å². The molecule has 0 saturated carbocycles. The van der Waals surface area contributed by atoms with E-state index in [9.17, 15) is 13.2 Å². The normalized spacial score (nSPS) is 23.4. The zero-order chi connectivity index (χ0) is 22.2. The van der Waals surface area contributed by atoms with Crippen LogP contribution in [0.25, 0.3) is 0 Å². The van der Waals surface area contributed by atoms with Crippen LogP contribution in [0.2, 0.25) is 0 Å². The number of likely N-dealkylation sites (tertiary alicyclic amines) is 1. The molecule has 0 radical (unpaired) electrons. The topological polar surface area (TPSA) is 54.5 Å². The number of hydrogen-bond acceptors (Lipinski definition) is 3. The molecule has 2 atom stereocenters. The van der Waals surface area contributed by atoms with Crippen molar-refractivity contribution in [2.45, 2.75) is 23.5 Å².